The van der Waals surface area contributed by atoms with Gasteiger partial charge in [0.25, 0.3) is 0 Å². The van der Waals surface area contributed by atoms with Crippen LogP contribution in [0.15, 0.2) is 10.5 Å². The zero-order chi connectivity index (χ0) is 10.0. The predicted molar refractivity (Wildman–Crippen MR) is 47.6 cm³/mol. The minimum atomic E-state index is -1.15. The number of hydrogen-bond donors (Lipinski definition) is 2. The second-order valence-electron chi connectivity index (χ2n) is 2.35. The fraction of sp³-hybridized carbons (Fsp3) is 0.143. The number of anilines is 1. The molecule has 1 rings (SSSR count). The van der Waals surface area contributed by atoms with Crippen molar-refractivity contribution in [2.24, 2.45) is 0 Å². The van der Waals surface area contributed by atoms with Gasteiger partial charge in [0.15, 0.2) is 0 Å². The summed E-state index contributed by atoms with van der Waals surface area (Å²) >= 11 is 2.97. The van der Waals surface area contributed by atoms with Crippen LogP contribution >= 0.6 is 15.9 Å². The van der Waals surface area contributed by atoms with E-state index < -0.39 is 18.2 Å². The molecule has 1 heterocycles. The van der Waals surface area contributed by atoms with Crippen molar-refractivity contribution in [1.29, 1.82) is 0 Å². The van der Waals surface area contributed by atoms with Gasteiger partial charge in [0.1, 0.15) is 11.6 Å². The molecule has 0 aliphatic carbocycles. The van der Waals surface area contributed by atoms with Crippen molar-refractivity contribution in [1.82, 2.24) is 4.98 Å². The van der Waals surface area contributed by atoms with Gasteiger partial charge < -0.3 is 10.8 Å². The van der Waals surface area contributed by atoms with Gasteiger partial charge in [0.2, 0.25) is 0 Å². The van der Waals surface area contributed by atoms with Crippen LogP contribution in [0.2, 0.25) is 0 Å². The van der Waals surface area contributed by atoms with Crippen molar-refractivity contribution in [3.8, 4) is 0 Å². The zero-order valence-electron chi connectivity index (χ0n) is 6.42. The van der Waals surface area contributed by atoms with E-state index in [1.165, 1.54) is 0 Å². The number of carboxylic acid groups (broad SMARTS) is 1. The molecule has 0 aromatic carbocycles. The Bertz CT molecular complexity index is 357. The molecule has 70 valence electrons. The lowest BCUT2D eigenvalue weighted by molar-refractivity contribution is -0.136. The number of carbonyl (C=O) groups is 1. The monoisotopic (exact) mass is 248 g/mol. The number of pyridine rings is 1. The number of halogens is 2. The number of nitrogen functional groups attached to an aromatic ring is 1. The molecule has 0 aliphatic heterocycles. The first-order chi connectivity index (χ1) is 6.00. The summed E-state index contributed by atoms with van der Waals surface area (Å²) in [7, 11) is 0. The van der Waals surface area contributed by atoms with Crippen molar-refractivity contribution >= 4 is 27.7 Å². The van der Waals surface area contributed by atoms with Gasteiger partial charge in [-0.15, -0.1) is 0 Å². The first-order valence-corrected chi connectivity index (χ1v) is 4.12. The van der Waals surface area contributed by atoms with E-state index in [-0.39, 0.29) is 11.5 Å². The molecule has 0 spiro atoms. The van der Waals surface area contributed by atoms with Crippen LogP contribution in [0.1, 0.15) is 5.69 Å². The number of carboxylic acids is 1. The van der Waals surface area contributed by atoms with Crippen molar-refractivity contribution < 1.29 is 14.3 Å². The van der Waals surface area contributed by atoms with Crippen LogP contribution in [0.4, 0.5) is 10.2 Å². The Morgan fingerprint density at radius 3 is 2.92 bits per heavy atom. The number of nitrogens with zero attached hydrogens (tertiary/aromatic N) is 1. The van der Waals surface area contributed by atoms with E-state index in [0.29, 0.717) is 4.47 Å². The Labute approximate surface area is 81.7 Å². The minimum Gasteiger partial charge on any atom is -0.481 e. The smallest absolute Gasteiger partial charge is 0.309 e. The first kappa shape index (κ1) is 9.91. The van der Waals surface area contributed by atoms with Crippen molar-refractivity contribution in [3.05, 3.63) is 22.1 Å². The van der Waals surface area contributed by atoms with Crippen LogP contribution < -0.4 is 5.73 Å². The van der Waals surface area contributed by atoms with Gasteiger partial charge in [-0.25, -0.2) is 9.37 Å². The number of aliphatic carboxylic acids is 1. The molecule has 1 aromatic rings. The van der Waals surface area contributed by atoms with Crippen LogP contribution in [-0.4, -0.2) is 16.1 Å². The maximum absolute atomic E-state index is 13.0. The maximum Gasteiger partial charge on any atom is 0.309 e. The average Bonchev–Trinajstić information content (AvgIpc) is 1.99. The van der Waals surface area contributed by atoms with Crippen LogP contribution in [0.5, 0.6) is 0 Å². The molecule has 0 saturated carbocycles. The van der Waals surface area contributed by atoms with E-state index in [2.05, 4.69) is 20.9 Å². The van der Waals surface area contributed by atoms with E-state index >= 15 is 0 Å². The van der Waals surface area contributed by atoms with E-state index in [4.69, 9.17) is 10.8 Å². The molecule has 0 atom stereocenters. The first-order valence-electron chi connectivity index (χ1n) is 3.33. The molecule has 0 unspecified atom stereocenters. The topological polar surface area (TPSA) is 76.2 Å². The van der Waals surface area contributed by atoms with Gasteiger partial charge in [0, 0.05) is 0 Å². The minimum absolute atomic E-state index is 0.0812. The van der Waals surface area contributed by atoms with E-state index in [1.54, 1.807) is 0 Å². The Morgan fingerprint density at radius 2 is 2.38 bits per heavy atom. The molecule has 0 radical (unpaired) electrons. The van der Waals surface area contributed by atoms with Crippen LogP contribution in [0.25, 0.3) is 0 Å². The summed E-state index contributed by atoms with van der Waals surface area (Å²) in [6.07, 6.45) is -0.469. The summed E-state index contributed by atoms with van der Waals surface area (Å²) < 4.78 is 13.3. The van der Waals surface area contributed by atoms with Gasteiger partial charge >= 0.3 is 5.97 Å². The Kier molecular flexibility index (Phi) is 2.82. The molecule has 6 heteroatoms. The lowest BCUT2D eigenvalue weighted by Gasteiger charge is -2.02. The Hall–Kier alpha value is -1.17. The lowest BCUT2D eigenvalue weighted by atomic mass is 10.2. The number of aromatic nitrogens is 1. The summed E-state index contributed by atoms with van der Waals surface area (Å²) in [5, 5.41) is 8.39. The molecule has 0 aliphatic rings. The maximum atomic E-state index is 13.0. The van der Waals surface area contributed by atoms with Crippen molar-refractivity contribution in [2.75, 3.05) is 5.73 Å². The lowest BCUT2D eigenvalue weighted by Crippen LogP contribution is -2.07. The third-order valence-electron chi connectivity index (χ3n) is 1.35. The summed E-state index contributed by atoms with van der Waals surface area (Å²) in [5.41, 5.74) is 5.19. The average molecular weight is 249 g/mol. The van der Waals surface area contributed by atoms with Crippen LogP contribution in [0, 0.1) is 5.82 Å². The molecule has 13 heavy (non-hydrogen) atoms. The normalized spacial score (nSPS) is 10.0. The number of hydrogen-bond acceptors (Lipinski definition) is 3. The molecule has 3 N–H and O–H groups in total. The molecule has 1 aromatic heterocycles. The summed E-state index contributed by atoms with van der Waals surface area (Å²) in [6, 6.07) is 1.10. The van der Waals surface area contributed by atoms with Gasteiger partial charge in [-0.1, -0.05) is 0 Å². The van der Waals surface area contributed by atoms with Crippen LogP contribution in [-0.2, 0) is 11.2 Å². The van der Waals surface area contributed by atoms with Gasteiger partial charge in [-0.05, 0) is 22.0 Å². The quantitative estimate of drug-likeness (QED) is 0.825. The number of nitrogens with two attached hydrogens (primary N) is 1. The van der Waals surface area contributed by atoms with E-state index in [9.17, 15) is 9.18 Å². The Balaban J connectivity index is 3.08. The zero-order valence-corrected chi connectivity index (χ0v) is 8.01. The van der Waals surface area contributed by atoms with Gasteiger partial charge in [0.05, 0.1) is 16.6 Å². The van der Waals surface area contributed by atoms with Gasteiger partial charge in [-0.3, -0.25) is 4.79 Å². The highest BCUT2D eigenvalue weighted by Gasteiger charge is 2.11. The van der Waals surface area contributed by atoms with E-state index in [0.717, 1.165) is 6.07 Å². The Morgan fingerprint density at radius 1 is 1.77 bits per heavy atom. The fourth-order valence-corrected chi connectivity index (χ4v) is 1.08. The second kappa shape index (κ2) is 3.69. The SMILES string of the molecule is Nc1nc(CC(=O)O)c(F)cc1Br. The standard InChI is InChI=1S/C7H6BrFN2O2/c8-3-1-4(9)5(2-6(12)13)11-7(3)10/h1H,2H2,(H2,10,11)(H,12,13). The summed E-state index contributed by atoms with van der Waals surface area (Å²) in [4.78, 5) is 13.8. The predicted octanol–water partition coefficient (Wildman–Crippen LogP) is 1.19. The molecule has 0 fully saturated rings. The van der Waals surface area contributed by atoms with Crippen LogP contribution in [0.3, 0.4) is 0 Å². The highest BCUT2D eigenvalue weighted by Crippen LogP contribution is 2.19. The molecule has 0 saturated heterocycles. The molecule has 0 amide bonds. The largest absolute Gasteiger partial charge is 0.481 e. The second-order valence-corrected chi connectivity index (χ2v) is 3.21. The third kappa shape index (κ3) is 2.38. The van der Waals surface area contributed by atoms with Gasteiger partial charge in [-0.2, -0.15) is 0 Å². The molecular weight excluding hydrogens is 243 g/mol. The third-order valence-corrected chi connectivity index (χ3v) is 1.98. The molecule has 4 nitrogen and oxygen atoms in total. The highest BCUT2D eigenvalue weighted by molar-refractivity contribution is 9.10. The summed E-state index contributed by atoms with van der Waals surface area (Å²) in [5.74, 6) is -1.74. The van der Waals surface area contributed by atoms with Crippen molar-refractivity contribution in [2.45, 2.75) is 6.42 Å². The van der Waals surface area contributed by atoms with E-state index in [1.807, 2.05) is 0 Å². The molecular formula is C7H6BrFN2O2. The number of rotatable bonds is 2. The summed E-state index contributed by atoms with van der Waals surface area (Å²) in [6.45, 7) is 0. The molecule has 0 bridgehead atoms. The fourth-order valence-electron chi connectivity index (χ4n) is 0.788. The highest BCUT2D eigenvalue weighted by atomic mass is 79.9. The van der Waals surface area contributed by atoms with Crippen molar-refractivity contribution in [3.63, 3.8) is 0 Å².